The van der Waals surface area contributed by atoms with Crippen LogP contribution >= 0.6 is 0 Å². The zero-order chi connectivity index (χ0) is 11.6. The second-order valence-corrected chi connectivity index (χ2v) is 5.18. The Kier molecular flexibility index (Phi) is 3.20. The fourth-order valence-corrected chi connectivity index (χ4v) is 2.82. The van der Waals surface area contributed by atoms with Crippen molar-refractivity contribution >= 4 is 0 Å². The van der Waals surface area contributed by atoms with Crippen LogP contribution in [0.4, 0.5) is 0 Å². The molecule has 0 radical (unpaired) electrons. The molecule has 2 saturated heterocycles. The molecule has 0 aromatic rings. The monoisotopic (exact) mass is 224 g/mol. The Morgan fingerprint density at radius 1 is 1.31 bits per heavy atom. The Bertz CT molecular complexity index is 284. The standard InChI is InChI=1S/C12H20N2O2/c1-14-6-4-12(15,5-7-14)11(9-13)3-2-8-16-10-11/h15H,2-8,10H2,1H3. The molecule has 16 heavy (non-hydrogen) atoms. The molecule has 1 atom stereocenters. The first kappa shape index (κ1) is 11.8. The van der Waals surface area contributed by atoms with Crippen molar-refractivity contribution in [3.63, 3.8) is 0 Å². The molecule has 1 unspecified atom stereocenters. The quantitative estimate of drug-likeness (QED) is 0.714. The van der Waals surface area contributed by atoms with E-state index in [9.17, 15) is 10.4 Å². The summed E-state index contributed by atoms with van der Waals surface area (Å²) in [5.41, 5.74) is -1.53. The molecule has 2 fully saturated rings. The molecule has 0 aromatic heterocycles. The lowest BCUT2D eigenvalue weighted by molar-refractivity contribution is -0.141. The first-order chi connectivity index (χ1) is 7.62. The van der Waals surface area contributed by atoms with Crippen molar-refractivity contribution in [3.05, 3.63) is 0 Å². The Labute approximate surface area is 96.8 Å². The maximum Gasteiger partial charge on any atom is 0.109 e. The van der Waals surface area contributed by atoms with Crippen molar-refractivity contribution in [2.45, 2.75) is 31.3 Å². The summed E-state index contributed by atoms with van der Waals surface area (Å²) in [7, 11) is 2.05. The van der Waals surface area contributed by atoms with Crippen LogP contribution in [-0.2, 0) is 4.74 Å². The molecule has 4 heteroatoms. The van der Waals surface area contributed by atoms with Crippen molar-refractivity contribution in [3.8, 4) is 6.07 Å². The molecular weight excluding hydrogens is 204 g/mol. The van der Waals surface area contributed by atoms with Gasteiger partial charge in [0.2, 0.25) is 0 Å². The molecule has 2 heterocycles. The third-order valence-corrected chi connectivity index (χ3v) is 4.16. The zero-order valence-corrected chi connectivity index (χ0v) is 9.91. The number of piperidine rings is 1. The largest absolute Gasteiger partial charge is 0.388 e. The van der Waals surface area contributed by atoms with E-state index in [0.717, 1.165) is 32.5 Å². The van der Waals surface area contributed by atoms with E-state index in [0.29, 0.717) is 19.4 Å². The van der Waals surface area contributed by atoms with Gasteiger partial charge in [0.05, 0.1) is 18.3 Å². The highest BCUT2D eigenvalue weighted by Crippen LogP contribution is 2.44. The van der Waals surface area contributed by atoms with Gasteiger partial charge in [0.25, 0.3) is 0 Å². The number of rotatable bonds is 1. The molecule has 0 aromatic carbocycles. The van der Waals surface area contributed by atoms with Crippen molar-refractivity contribution in [2.75, 3.05) is 33.4 Å². The topological polar surface area (TPSA) is 56.5 Å². The van der Waals surface area contributed by atoms with Crippen LogP contribution in [0.3, 0.4) is 0 Å². The van der Waals surface area contributed by atoms with Crippen molar-refractivity contribution in [1.29, 1.82) is 5.26 Å². The van der Waals surface area contributed by atoms with Gasteiger partial charge in [-0.3, -0.25) is 0 Å². The summed E-state index contributed by atoms with van der Waals surface area (Å²) in [6, 6.07) is 2.35. The average Bonchev–Trinajstić information content (AvgIpc) is 2.34. The van der Waals surface area contributed by atoms with Crippen LogP contribution in [0, 0.1) is 16.7 Å². The van der Waals surface area contributed by atoms with Gasteiger partial charge in [-0.1, -0.05) is 0 Å². The molecule has 0 amide bonds. The summed E-state index contributed by atoms with van der Waals surface area (Å²) >= 11 is 0. The van der Waals surface area contributed by atoms with Gasteiger partial charge in [0.15, 0.2) is 0 Å². The average molecular weight is 224 g/mol. The molecule has 2 aliphatic heterocycles. The minimum absolute atomic E-state index is 0.393. The Balaban J connectivity index is 2.16. The van der Waals surface area contributed by atoms with Crippen LogP contribution in [0.15, 0.2) is 0 Å². The zero-order valence-electron chi connectivity index (χ0n) is 9.91. The van der Waals surface area contributed by atoms with Gasteiger partial charge >= 0.3 is 0 Å². The minimum Gasteiger partial charge on any atom is -0.388 e. The number of ether oxygens (including phenoxy) is 1. The maximum atomic E-state index is 10.7. The predicted octanol–water partition coefficient (Wildman–Crippen LogP) is 0.763. The first-order valence-electron chi connectivity index (χ1n) is 6.02. The van der Waals surface area contributed by atoms with Gasteiger partial charge in [-0.15, -0.1) is 0 Å². The molecule has 2 aliphatic rings. The second-order valence-electron chi connectivity index (χ2n) is 5.18. The number of aliphatic hydroxyl groups is 1. The normalized spacial score (nSPS) is 35.6. The SMILES string of the molecule is CN1CCC(O)(C2(C#N)CCCOC2)CC1. The molecule has 0 bridgehead atoms. The first-order valence-corrected chi connectivity index (χ1v) is 6.02. The highest BCUT2D eigenvalue weighted by molar-refractivity contribution is 5.13. The number of hydrogen-bond donors (Lipinski definition) is 1. The van der Waals surface area contributed by atoms with Gasteiger partial charge in [-0.25, -0.2) is 0 Å². The van der Waals surface area contributed by atoms with Crippen LogP contribution < -0.4 is 0 Å². The summed E-state index contributed by atoms with van der Waals surface area (Å²) in [5.74, 6) is 0. The van der Waals surface area contributed by atoms with E-state index >= 15 is 0 Å². The van der Waals surface area contributed by atoms with Crippen molar-refractivity contribution in [1.82, 2.24) is 4.90 Å². The molecule has 1 N–H and O–H groups in total. The third-order valence-electron chi connectivity index (χ3n) is 4.16. The molecule has 4 nitrogen and oxygen atoms in total. The van der Waals surface area contributed by atoms with Crippen LogP contribution in [-0.4, -0.2) is 49.0 Å². The van der Waals surface area contributed by atoms with E-state index in [4.69, 9.17) is 4.74 Å². The van der Waals surface area contributed by atoms with E-state index in [1.165, 1.54) is 0 Å². The summed E-state index contributed by atoms with van der Waals surface area (Å²) in [4.78, 5) is 2.20. The number of nitrogens with zero attached hydrogens (tertiary/aromatic N) is 2. The summed E-state index contributed by atoms with van der Waals surface area (Å²) in [5, 5.41) is 20.2. The van der Waals surface area contributed by atoms with Crippen LogP contribution in [0.2, 0.25) is 0 Å². The van der Waals surface area contributed by atoms with E-state index < -0.39 is 11.0 Å². The van der Waals surface area contributed by atoms with E-state index in [1.54, 1.807) is 0 Å². The molecule has 0 saturated carbocycles. The fraction of sp³-hybridized carbons (Fsp3) is 0.917. The number of nitriles is 1. The highest BCUT2D eigenvalue weighted by atomic mass is 16.5. The van der Waals surface area contributed by atoms with Crippen molar-refractivity contribution < 1.29 is 9.84 Å². The van der Waals surface area contributed by atoms with Crippen molar-refractivity contribution in [2.24, 2.45) is 5.41 Å². The molecule has 90 valence electrons. The smallest absolute Gasteiger partial charge is 0.109 e. The molecule has 2 rings (SSSR count). The van der Waals surface area contributed by atoms with E-state index in [1.807, 2.05) is 0 Å². The Morgan fingerprint density at radius 2 is 2.00 bits per heavy atom. The van der Waals surface area contributed by atoms with Gasteiger partial charge in [-0.2, -0.15) is 5.26 Å². The molecule has 0 aliphatic carbocycles. The van der Waals surface area contributed by atoms with E-state index in [-0.39, 0.29) is 0 Å². The van der Waals surface area contributed by atoms with Gasteiger partial charge < -0.3 is 14.7 Å². The lowest BCUT2D eigenvalue weighted by Gasteiger charge is -2.48. The van der Waals surface area contributed by atoms with E-state index in [2.05, 4.69) is 18.0 Å². The molecular formula is C12H20N2O2. The van der Waals surface area contributed by atoms with Gasteiger partial charge in [-0.05, 0) is 32.7 Å². The lowest BCUT2D eigenvalue weighted by atomic mass is 9.65. The fourth-order valence-electron chi connectivity index (χ4n) is 2.82. The Hall–Kier alpha value is -0.630. The van der Waals surface area contributed by atoms with Crippen LogP contribution in [0.1, 0.15) is 25.7 Å². The number of hydrogen-bond acceptors (Lipinski definition) is 4. The summed E-state index contributed by atoms with van der Waals surface area (Å²) in [6.07, 6.45) is 3.01. The van der Waals surface area contributed by atoms with Gasteiger partial charge in [0, 0.05) is 19.7 Å². The summed E-state index contributed by atoms with van der Waals surface area (Å²) in [6.45, 7) is 2.84. The Morgan fingerprint density at radius 3 is 2.50 bits per heavy atom. The highest BCUT2D eigenvalue weighted by Gasteiger charge is 2.52. The van der Waals surface area contributed by atoms with Gasteiger partial charge in [0.1, 0.15) is 5.41 Å². The summed E-state index contributed by atoms with van der Waals surface area (Å²) < 4.78 is 5.43. The lowest BCUT2D eigenvalue weighted by Crippen LogP contribution is -2.57. The second kappa shape index (κ2) is 4.33. The van der Waals surface area contributed by atoms with Crippen LogP contribution in [0.5, 0.6) is 0 Å². The predicted molar refractivity (Wildman–Crippen MR) is 59.8 cm³/mol. The molecule has 0 spiro atoms. The van der Waals surface area contributed by atoms with Crippen LogP contribution in [0.25, 0.3) is 0 Å². The maximum absolute atomic E-state index is 10.7. The number of likely N-dealkylation sites (tertiary alicyclic amines) is 1. The minimum atomic E-state index is -0.852. The third kappa shape index (κ3) is 1.84.